The van der Waals surface area contributed by atoms with E-state index in [1.165, 1.54) is 12.1 Å². The van der Waals surface area contributed by atoms with Crippen LogP contribution in [-0.2, 0) is 19.2 Å². The summed E-state index contributed by atoms with van der Waals surface area (Å²) in [5, 5.41) is 20.6. The van der Waals surface area contributed by atoms with Crippen molar-refractivity contribution in [2.75, 3.05) is 11.9 Å². The molecule has 0 aliphatic carbocycles. The summed E-state index contributed by atoms with van der Waals surface area (Å²) in [6, 6.07) is 12.5. The summed E-state index contributed by atoms with van der Waals surface area (Å²) in [7, 11) is 0. The summed E-state index contributed by atoms with van der Waals surface area (Å²) in [4.78, 5) is 0. The van der Waals surface area contributed by atoms with E-state index in [0.29, 0.717) is 18.7 Å². The highest BCUT2D eigenvalue weighted by Crippen LogP contribution is 2.33. The molecule has 3 nitrogen and oxygen atoms in total. The van der Waals surface area contributed by atoms with Crippen molar-refractivity contribution in [3.63, 3.8) is 0 Å². The van der Waals surface area contributed by atoms with E-state index in [-0.39, 0.29) is 12.2 Å². The molecule has 2 rings (SSSR count). The van der Waals surface area contributed by atoms with E-state index < -0.39 is 11.7 Å². The van der Waals surface area contributed by atoms with Gasteiger partial charge in [0.05, 0.1) is 23.8 Å². The summed E-state index contributed by atoms with van der Waals surface area (Å²) in [6.07, 6.45) is -3.92. The maximum absolute atomic E-state index is 12.9. The smallest absolute Gasteiger partial charge is 0.392 e. The molecule has 0 aliphatic heterocycles. The number of aliphatic hydroxyl groups is 1. The van der Waals surface area contributed by atoms with Crippen LogP contribution in [0.4, 0.5) is 18.9 Å². The van der Waals surface area contributed by atoms with Crippen LogP contribution in [0.5, 0.6) is 0 Å². The zero-order valence-electron chi connectivity index (χ0n) is 12.2. The minimum Gasteiger partial charge on any atom is -0.392 e. The largest absolute Gasteiger partial charge is 0.417 e. The number of aliphatic hydroxyl groups excluding tert-OH is 1. The summed E-state index contributed by atoms with van der Waals surface area (Å²) >= 11 is 0. The molecule has 6 heteroatoms. The van der Waals surface area contributed by atoms with Gasteiger partial charge in [-0.2, -0.15) is 18.4 Å². The van der Waals surface area contributed by atoms with Crippen LogP contribution in [0.15, 0.2) is 42.5 Å². The number of nitriles is 1. The molecule has 0 heterocycles. The van der Waals surface area contributed by atoms with Crippen molar-refractivity contribution in [3.8, 4) is 6.07 Å². The van der Waals surface area contributed by atoms with E-state index in [2.05, 4.69) is 5.32 Å². The number of alkyl halides is 3. The second-order valence-corrected chi connectivity index (χ2v) is 5.02. The van der Waals surface area contributed by atoms with Crippen molar-refractivity contribution in [3.05, 3.63) is 64.7 Å². The van der Waals surface area contributed by atoms with Gasteiger partial charge in [0.1, 0.15) is 0 Å². The fourth-order valence-electron chi connectivity index (χ4n) is 2.15. The number of hydrogen-bond donors (Lipinski definition) is 2. The average molecular weight is 320 g/mol. The van der Waals surface area contributed by atoms with Crippen molar-refractivity contribution in [1.29, 1.82) is 5.26 Å². The predicted molar refractivity (Wildman–Crippen MR) is 80.7 cm³/mol. The fraction of sp³-hybridized carbons (Fsp3) is 0.235. The molecular formula is C17H15F3N2O. The Balaban J connectivity index is 2.02. The van der Waals surface area contributed by atoms with Crippen LogP contribution >= 0.6 is 0 Å². The molecule has 120 valence electrons. The third-order valence-corrected chi connectivity index (χ3v) is 3.39. The Morgan fingerprint density at radius 1 is 1.04 bits per heavy atom. The van der Waals surface area contributed by atoms with Crippen molar-refractivity contribution in [1.82, 2.24) is 0 Å². The van der Waals surface area contributed by atoms with E-state index in [1.54, 1.807) is 18.2 Å². The highest BCUT2D eigenvalue weighted by molar-refractivity contribution is 5.53. The van der Waals surface area contributed by atoms with Gasteiger partial charge in [-0.15, -0.1) is 0 Å². The molecule has 0 atom stereocenters. The van der Waals surface area contributed by atoms with E-state index >= 15 is 0 Å². The van der Waals surface area contributed by atoms with Gasteiger partial charge in [0.25, 0.3) is 0 Å². The Kier molecular flexibility index (Phi) is 5.24. The van der Waals surface area contributed by atoms with Gasteiger partial charge in [-0.25, -0.2) is 0 Å². The summed E-state index contributed by atoms with van der Waals surface area (Å²) in [5.41, 5.74) is 0.825. The lowest BCUT2D eigenvalue weighted by molar-refractivity contribution is -0.137. The molecule has 0 fully saturated rings. The summed E-state index contributed by atoms with van der Waals surface area (Å²) in [6.45, 7) is 0.436. The van der Waals surface area contributed by atoms with Gasteiger partial charge in [-0.1, -0.05) is 24.3 Å². The molecule has 0 spiro atoms. The lowest BCUT2D eigenvalue weighted by atomic mass is 10.1. The van der Waals surface area contributed by atoms with Crippen LogP contribution in [0.25, 0.3) is 0 Å². The quantitative estimate of drug-likeness (QED) is 0.883. The van der Waals surface area contributed by atoms with Crippen molar-refractivity contribution in [2.24, 2.45) is 0 Å². The number of nitrogens with zero attached hydrogens (tertiary/aromatic N) is 1. The molecule has 2 N–H and O–H groups in total. The van der Waals surface area contributed by atoms with Gasteiger partial charge in [0.2, 0.25) is 0 Å². The molecule has 0 amide bonds. The molecule has 0 bridgehead atoms. The Bertz CT molecular complexity index is 703. The average Bonchev–Trinajstić information content (AvgIpc) is 2.54. The first-order chi connectivity index (χ1) is 10.9. The minimum atomic E-state index is -4.55. The topological polar surface area (TPSA) is 56.0 Å². The lowest BCUT2D eigenvalue weighted by Crippen LogP contribution is -2.10. The fourth-order valence-corrected chi connectivity index (χ4v) is 2.15. The van der Waals surface area contributed by atoms with Crippen LogP contribution < -0.4 is 5.32 Å². The normalized spacial score (nSPS) is 11.1. The molecule has 0 aromatic heterocycles. The first-order valence-corrected chi connectivity index (χ1v) is 6.98. The summed E-state index contributed by atoms with van der Waals surface area (Å²) in [5.74, 6) is 0. The number of rotatable bonds is 5. The maximum atomic E-state index is 12.9. The van der Waals surface area contributed by atoms with Gasteiger partial charge >= 0.3 is 6.18 Å². The third-order valence-electron chi connectivity index (χ3n) is 3.39. The predicted octanol–water partition coefficient (Wildman–Crippen LogP) is 3.72. The van der Waals surface area contributed by atoms with Gasteiger partial charge < -0.3 is 10.4 Å². The SMILES string of the molecule is N#Cc1ccc(NCCc2ccc(CO)cc2)cc1C(F)(F)F. The lowest BCUT2D eigenvalue weighted by Gasteiger charge is -2.12. The molecule has 0 radical (unpaired) electrons. The standard InChI is InChI=1S/C17H15F3N2O/c18-17(19,20)16-9-15(6-5-14(16)10-21)22-8-7-12-1-3-13(11-23)4-2-12/h1-6,9,22-23H,7-8,11H2. The number of benzene rings is 2. The third kappa shape index (κ3) is 4.47. The van der Waals surface area contributed by atoms with Gasteiger partial charge in [-0.05, 0) is 35.7 Å². The number of hydrogen-bond acceptors (Lipinski definition) is 3. The highest BCUT2D eigenvalue weighted by atomic mass is 19.4. The zero-order valence-corrected chi connectivity index (χ0v) is 12.2. The molecular weight excluding hydrogens is 305 g/mol. The second kappa shape index (κ2) is 7.16. The Hall–Kier alpha value is -2.52. The number of halogens is 3. The van der Waals surface area contributed by atoms with E-state index in [9.17, 15) is 13.2 Å². The number of anilines is 1. The van der Waals surface area contributed by atoms with Crippen LogP contribution in [0, 0.1) is 11.3 Å². The van der Waals surface area contributed by atoms with Crippen LogP contribution in [-0.4, -0.2) is 11.7 Å². The molecule has 0 saturated heterocycles. The van der Waals surface area contributed by atoms with Gasteiger partial charge in [0, 0.05) is 12.2 Å². The monoisotopic (exact) mass is 320 g/mol. The molecule has 0 unspecified atom stereocenters. The number of nitrogens with one attached hydrogen (secondary N) is 1. The molecule has 0 aliphatic rings. The Labute approximate surface area is 132 Å². The molecule has 23 heavy (non-hydrogen) atoms. The van der Waals surface area contributed by atoms with E-state index in [1.807, 2.05) is 12.1 Å². The molecule has 2 aromatic carbocycles. The van der Waals surface area contributed by atoms with E-state index in [0.717, 1.165) is 17.2 Å². The highest BCUT2D eigenvalue weighted by Gasteiger charge is 2.33. The first-order valence-electron chi connectivity index (χ1n) is 6.98. The maximum Gasteiger partial charge on any atom is 0.417 e. The first kappa shape index (κ1) is 16.8. The van der Waals surface area contributed by atoms with Crippen molar-refractivity contribution < 1.29 is 18.3 Å². The van der Waals surface area contributed by atoms with Gasteiger partial charge in [0.15, 0.2) is 0 Å². The van der Waals surface area contributed by atoms with Crippen LogP contribution in [0.3, 0.4) is 0 Å². The Morgan fingerprint density at radius 2 is 1.70 bits per heavy atom. The molecule has 2 aromatic rings. The van der Waals surface area contributed by atoms with E-state index in [4.69, 9.17) is 10.4 Å². The second-order valence-electron chi connectivity index (χ2n) is 5.02. The van der Waals surface area contributed by atoms with Gasteiger partial charge in [-0.3, -0.25) is 0 Å². The molecule has 0 saturated carbocycles. The van der Waals surface area contributed by atoms with Crippen LogP contribution in [0.2, 0.25) is 0 Å². The van der Waals surface area contributed by atoms with Crippen LogP contribution in [0.1, 0.15) is 22.3 Å². The minimum absolute atomic E-state index is 0.0238. The van der Waals surface area contributed by atoms with Crippen molar-refractivity contribution in [2.45, 2.75) is 19.2 Å². The summed E-state index contributed by atoms with van der Waals surface area (Å²) < 4.78 is 38.6. The van der Waals surface area contributed by atoms with Crippen molar-refractivity contribution >= 4 is 5.69 Å². The Morgan fingerprint density at radius 3 is 2.26 bits per heavy atom. The zero-order chi connectivity index (χ0) is 16.9.